The van der Waals surface area contributed by atoms with Crippen LogP contribution in [-0.4, -0.2) is 25.8 Å². The van der Waals surface area contributed by atoms with Gasteiger partial charge in [-0.15, -0.1) is 0 Å². The summed E-state index contributed by atoms with van der Waals surface area (Å²) in [4.78, 5) is 4.17. The van der Waals surface area contributed by atoms with Crippen molar-refractivity contribution in [1.29, 1.82) is 0 Å². The van der Waals surface area contributed by atoms with Gasteiger partial charge in [0, 0.05) is 12.4 Å². The molecule has 3 rings (SSSR count). The summed E-state index contributed by atoms with van der Waals surface area (Å²) in [6.45, 7) is 0.291. The molecule has 0 atom stereocenters. The minimum Gasteiger partial charge on any atom is -0.494 e. The number of hydrogen-bond acceptors (Lipinski definition) is 4. The average molecular weight is 436 g/mol. The Hall–Kier alpha value is -2.08. The molecule has 0 aliphatic heterocycles. The summed E-state index contributed by atoms with van der Waals surface area (Å²) >= 11 is 11.9. The van der Waals surface area contributed by atoms with Gasteiger partial charge < -0.3 is 4.74 Å². The van der Waals surface area contributed by atoms with E-state index in [-0.39, 0.29) is 20.7 Å². The van der Waals surface area contributed by atoms with Crippen LogP contribution in [0.2, 0.25) is 10.0 Å². The van der Waals surface area contributed by atoms with Crippen LogP contribution in [-0.2, 0) is 16.3 Å². The van der Waals surface area contributed by atoms with Gasteiger partial charge >= 0.3 is 0 Å². The van der Waals surface area contributed by atoms with Crippen molar-refractivity contribution in [3.05, 3.63) is 88.2 Å². The van der Waals surface area contributed by atoms with Crippen molar-refractivity contribution < 1.29 is 13.2 Å². The van der Waals surface area contributed by atoms with Crippen molar-refractivity contribution in [3.8, 4) is 5.75 Å². The summed E-state index contributed by atoms with van der Waals surface area (Å²) in [6.07, 6.45) is 4.74. The highest BCUT2D eigenvalue weighted by molar-refractivity contribution is 7.91. The maximum absolute atomic E-state index is 12.4. The monoisotopic (exact) mass is 435 g/mol. The van der Waals surface area contributed by atoms with Gasteiger partial charge in [-0.3, -0.25) is 4.98 Å². The molecule has 0 aliphatic carbocycles. The maximum Gasteiger partial charge on any atom is 0.180 e. The Balaban J connectivity index is 1.50. The standard InChI is InChI=1S/C21H19Cl2NO3S/c22-19-5-1-6-20(21(19)23)28(25,26)13-3-12-27-18-9-7-16(8-10-18)14-17-4-2-11-24-15-17/h1-2,4-11,15H,3,12-14H2. The van der Waals surface area contributed by atoms with E-state index < -0.39 is 9.84 Å². The summed E-state index contributed by atoms with van der Waals surface area (Å²) in [5.74, 6) is 0.639. The van der Waals surface area contributed by atoms with E-state index in [2.05, 4.69) is 4.98 Å². The molecule has 0 bridgehead atoms. The zero-order valence-electron chi connectivity index (χ0n) is 15.0. The highest BCUT2D eigenvalue weighted by atomic mass is 35.5. The molecule has 0 spiro atoms. The normalized spacial score (nSPS) is 11.4. The number of hydrogen-bond donors (Lipinski definition) is 0. The molecule has 146 valence electrons. The van der Waals surface area contributed by atoms with Crippen LogP contribution in [0.5, 0.6) is 5.75 Å². The molecule has 0 saturated carbocycles. The molecule has 7 heteroatoms. The molecule has 28 heavy (non-hydrogen) atoms. The number of rotatable bonds is 8. The third-order valence-corrected chi connectivity index (χ3v) is 6.90. The highest BCUT2D eigenvalue weighted by Crippen LogP contribution is 2.29. The fourth-order valence-corrected chi connectivity index (χ4v) is 4.81. The van der Waals surface area contributed by atoms with Gasteiger partial charge in [-0.1, -0.05) is 47.5 Å². The molecule has 4 nitrogen and oxygen atoms in total. The number of halogens is 2. The first-order valence-electron chi connectivity index (χ1n) is 8.73. The molecule has 1 aromatic heterocycles. The average Bonchev–Trinajstić information content (AvgIpc) is 2.69. The van der Waals surface area contributed by atoms with Crippen LogP contribution in [0.25, 0.3) is 0 Å². The van der Waals surface area contributed by atoms with Crippen LogP contribution in [0.1, 0.15) is 17.5 Å². The number of sulfone groups is 1. The first kappa shape index (κ1) is 20.6. The fourth-order valence-electron chi connectivity index (χ4n) is 2.72. The maximum atomic E-state index is 12.4. The second-order valence-corrected chi connectivity index (χ2v) is 9.12. The largest absolute Gasteiger partial charge is 0.494 e. The molecule has 2 aromatic carbocycles. The molecule has 0 amide bonds. The van der Waals surface area contributed by atoms with E-state index in [9.17, 15) is 8.42 Å². The smallest absolute Gasteiger partial charge is 0.180 e. The molecular formula is C21H19Cl2NO3S. The third kappa shape index (κ3) is 5.47. The van der Waals surface area contributed by atoms with E-state index in [1.165, 1.54) is 6.07 Å². The van der Waals surface area contributed by atoms with Crippen LogP contribution in [0.15, 0.2) is 71.9 Å². The van der Waals surface area contributed by atoms with Gasteiger partial charge in [-0.05, 0) is 54.3 Å². The molecule has 3 aromatic rings. The Labute approximate surface area is 175 Å². The molecule has 0 radical (unpaired) electrons. The van der Waals surface area contributed by atoms with Crippen LogP contribution >= 0.6 is 23.2 Å². The summed E-state index contributed by atoms with van der Waals surface area (Å²) in [5.41, 5.74) is 2.29. The van der Waals surface area contributed by atoms with Gasteiger partial charge in [0.05, 0.1) is 27.3 Å². The number of pyridine rings is 1. The SMILES string of the molecule is O=S(=O)(CCCOc1ccc(Cc2cccnc2)cc1)c1cccc(Cl)c1Cl. The van der Waals surface area contributed by atoms with Gasteiger partial charge in [0.25, 0.3) is 0 Å². The van der Waals surface area contributed by atoms with Crippen molar-refractivity contribution in [3.63, 3.8) is 0 Å². The topological polar surface area (TPSA) is 56.3 Å². The van der Waals surface area contributed by atoms with Crippen LogP contribution in [0, 0.1) is 0 Å². The predicted molar refractivity (Wildman–Crippen MR) is 112 cm³/mol. The summed E-state index contributed by atoms with van der Waals surface area (Å²) in [6, 6.07) is 16.3. The predicted octanol–water partition coefficient (Wildman–Crippen LogP) is 5.22. The molecular weight excluding hydrogens is 417 g/mol. The van der Waals surface area contributed by atoms with E-state index in [0.29, 0.717) is 18.8 Å². The second kappa shape index (κ2) is 9.41. The van der Waals surface area contributed by atoms with Crippen LogP contribution < -0.4 is 4.74 Å². The van der Waals surface area contributed by atoms with Gasteiger partial charge in [0.2, 0.25) is 0 Å². The Bertz CT molecular complexity index is 1020. The first-order valence-corrected chi connectivity index (χ1v) is 11.1. The number of benzene rings is 2. The molecule has 0 unspecified atom stereocenters. The lowest BCUT2D eigenvalue weighted by Crippen LogP contribution is -2.11. The van der Waals surface area contributed by atoms with E-state index in [1.54, 1.807) is 18.3 Å². The summed E-state index contributed by atoms with van der Waals surface area (Å²) in [7, 11) is -3.51. The van der Waals surface area contributed by atoms with Gasteiger partial charge in [0.15, 0.2) is 9.84 Å². The minimum absolute atomic E-state index is 0.0569. The lowest BCUT2D eigenvalue weighted by molar-refractivity contribution is 0.317. The van der Waals surface area contributed by atoms with Crippen molar-refractivity contribution in [2.75, 3.05) is 12.4 Å². The van der Waals surface area contributed by atoms with Crippen molar-refractivity contribution in [2.45, 2.75) is 17.7 Å². The minimum atomic E-state index is -3.51. The van der Waals surface area contributed by atoms with Crippen molar-refractivity contribution in [1.82, 2.24) is 4.98 Å². The molecule has 1 heterocycles. The number of ether oxygens (including phenoxy) is 1. The van der Waals surface area contributed by atoms with Gasteiger partial charge in [0.1, 0.15) is 5.75 Å². The second-order valence-electron chi connectivity index (χ2n) is 6.25. The summed E-state index contributed by atoms with van der Waals surface area (Å²) in [5, 5.41) is 0.291. The van der Waals surface area contributed by atoms with Gasteiger partial charge in [-0.25, -0.2) is 8.42 Å². The molecule has 0 N–H and O–H groups in total. The quantitative estimate of drug-likeness (QED) is 0.454. The Morgan fingerprint density at radius 2 is 1.71 bits per heavy atom. The molecule has 0 saturated heterocycles. The summed E-state index contributed by atoms with van der Waals surface area (Å²) < 4.78 is 30.5. The molecule has 0 aliphatic rings. The van der Waals surface area contributed by atoms with Crippen molar-refractivity contribution in [2.24, 2.45) is 0 Å². The van der Waals surface area contributed by atoms with Crippen LogP contribution in [0.4, 0.5) is 0 Å². The van der Waals surface area contributed by atoms with E-state index in [4.69, 9.17) is 27.9 Å². The fraction of sp³-hybridized carbons (Fsp3) is 0.190. The zero-order valence-corrected chi connectivity index (χ0v) is 17.3. The third-order valence-electron chi connectivity index (χ3n) is 4.13. The Kier molecular flexibility index (Phi) is 6.94. The lowest BCUT2D eigenvalue weighted by Gasteiger charge is -2.09. The van der Waals surface area contributed by atoms with Gasteiger partial charge in [-0.2, -0.15) is 0 Å². The van der Waals surface area contributed by atoms with E-state index in [0.717, 1.165) is 17.5 Å². The number of aromatic nitrogens is 1. The molecule has 0 fully saturated rings. The Morgan fingerprint density at radius 3 is 2.43 bits per heavy atom. The zero-order chi connectivity index (χ0) is 20.0. The van der Waals surface area contributed by atoms with E-state index >= 15 is 0 Å². The van der Waals surface area contributed by atoms with Crippen LogP contribution in [0.3, 0.4) is 0 Å². The lowest BCUT2D eigenvalue weighted by atomic mass is 10.1. The number of nitrogens with zero attached hydrogens (tertiary/aromatic N) is 1. The first-order chi connectivity index (χ1) is 13.5. The van der Waals surface area contributed by atoms with E-state index in [1.807, 2.05) is 42.6 Å². The van der Waals surface area contributed by atoms with Crippen molar-refractivity contribution >= 4 is 33.0 Å². The Morgan fingerprint density at radius 1 is 0.929 bits per heavy atom. The highest BCUT2D eigenvalue weighted by Gasteiger charge is 2.19.